The Morgan fingerprint density at radius 3 is 2.53 bits per heavy atom. The van der Waals surface area contributed by atoms with E-state index in [1.165, 1.54) is 11.0 Å². The zero-order chi connectivity index (χ0) is 23.2. The Kier molecular flexibility index (Phi) is 5.61. The smallest absolute Gasteiger partial charge is 0.410 e. The monoisotopic (exact) mass is 441 g/mol. The summed E-state index contributed by atoms with van der Waals surface area (Å²) in [5, 5.41) is 10.2. The highest BCUT2D eigenvalue weighted by molar-refractivity contribution is 5.77. The summed E-state index contributed by atoms with van der Waals surface area (Å²) < 4.78 is 25.6. The molecule has 0 aromatic heterocycles. The molecule has 0 unspecified atom stereocenters. The second-order valence-corrected chi connectivity index (χ2v) is 9.52. The first kappa shape index (κ1) is 22.1. The fourth-order valence-corrected chi connectivity index (χ4v) is 4.60. The summed E-state index contributed by atoms with van der Waals surface area (Å²) in [5.74, 6) is -2.09. The van der Waals surface area contributed by atoms with Crippen LogP contribution >= 0.6 is 0 Å². The highest BCUT2D eigenvalue weighted by atomic mass is 19.1. The Morgan fingerprint density at radius 2 is 1.88 bits per heavy atom. The number of aliphatic carboxylic acids is 1. The van der Waals surface area contributed by atoms with Crippen LogP contribution in [-0.2, 0) is 16.0 Å². The number of halogens is 1. The molecular formula is C25H28FNO5. The summed E-state index contributed by atoms with van der Waals surface area (Å²) in [6.07, 6.45) is 0.150. The van der Waals surface area contributed by atoms with Gasteiger partial charge in [-0.15, -0.1) is 0 Å². The Balaban J connectivity index is 1.79. The zero-order valence-corrected chi connectivity index (χ0v) is 18.7. The van der Waals surface area contributed by atoms with Gasteiger partial charge in [0.05, 0.1) is 18.6 Å². The molecule has 32 heavy (non-hydrogen) atoms. The van der Waals surface area contributed by atoms with Crippen molar-refractivity contribution in [3.8, 4) is 5.75 Å². The number of benzene rings is 2. The lowest BCUT2D eigenvalue weighted by Crippen LogP contribution is -2.38. The largest absolute Gasteiger partial charge is 0.493 e. The first-order valence-electron chi connectivity index (χ1n) is 10.8. The number of aryl methyl sites for hydroxylation is 1. The minimum absolute atomic E-state index is 0.158. The molecule has 0 saturated carbocycles. The van der Waals surface area contributed by atoms with E-state index < -0.39 is 41.4 Å². The third-order valence-corrected chi connectivity index (χ3v) is 6.10. The minimum Gasteiger partial charge on any atom is -0.493 e. The lowest BCUT2D eigenvalue weighted by atomic mass is 9.82. The Bertz CT molecular complexity index is 1060. The molecule has 1 fully saturated rings. The molecule has 1 amide bonds. The van der Waals surface area contributed by atoms with E-state index in [0.717, 1.165) is 23.3 Å². The van der Waals surface area contributed by atoms with Gasteiger partial charge in [-0.2, -0.15) is 0 Å². The number of nitrogens with zero attached hydrogens (tertiary/aromatic N) is 1. The second-order valence-electron chi connectivity index (χ2n) is 9.52. The standard InChI is InChI=1S/C25H28FNO5/c1-14-5-6-17(12-19(14)26)22-21(23(28)29)18(13-27(22)24(30)32-25(2,3)4)15-7-8-20-16(11-15)9-10-31-20/h5-8,11-12,18,21-22H,9-10,13H2,1-4H3,(H,28,29)/t18-,21-,22+/m1/s1. The molecule has 7 heteroatoms. The van der Waals surface area contributed by atoms with Gasteiger partial charge in [-0.3, -0.25) is 9.69 Å². The number of carbonyl (C=O) groups excluding carboxylic acids is 1. The van der Waals surface area contributed by atoms with Crippen LogP contribution < -0.4 is 4.74 Å². The third kappa shape index (κ3) is 4.16. The van der Waals surface area contributed by atoms with Gasteiger partial charge in [0.25, 0.3) is 0 Å². The highest BCUT2D eigenvalue weighted by Crippen LogP contribution is 2.47. The van der Waals surface area contributed by atoms with Crippen molar-refractivity contribution in [2.24, 2.45) is 5.92 Å². The van der Waals surface area contributed by atoms with Crippen molar-refractivity contribution in [3.05, 3.63) is 64.5 Å². The average molecular weight is 441 g/mol. The van der Waals surface area contributed by atoms with Crippen molar-refractivity contribution in [1.82, 2.24) is 4.90 Å². The lowest BCUT2D eigenvalue weighted by molar-refractivity contribution is -0.143. The summed E-state index contributed by atoms with van der Waals surface area (Å²) in [5.41, 5.74) is 2.00. The summed E-state index contributed by atoms with van der Waals surface area (Å²) in [4.78, 5) is 27.1. The van der Waals surface area contributed by atoms with Crippen LogP contribution in [0.5, 0.6) is 5.75 Å². The molecule has 2 aromatic rings. The number of ether oxygens (including phenoxy) is 2. The van der Waals surface area contributed by atoms with Gasteiger partial charge in [0.1, 0.15) is 17.2 Å². The summed E-state index contributed by atoms with van der Waals surface area (Å²) in [6.45, 7) is 7.67. The van der Waals surface area contributed by atoms with E-state index in [2.05, 4.69) is 0 Å². The molecule has 0 radical (unpaired) electrons. The lowest BCUT2D eigenvalue weighted by Gasteiger charge is -2.30. The van der Waals surface area contributed by atoms with Crippen LogP contribution in [0, 0.1) is 18.7 Å². The molecule has 2 aliphatic rings. The topological polar surface area (TPSA) is 76.1 Å². The van der Waals surface area contributed by atoms with Crippen LogP contribution in [0.1, 0.15) is 55.0 Å². The first-order chi connectivity index (χ1) is 15.0. The maximum absolute atomic E-state index is 14.4. The minimum atomic E-state index is -1.04. The van der Waals surface area contributed by atoms with E-state index in [-0.39, 0.29) is 6.54 Å². The number of likely N-dealkylation sites (tertiary alicyclic amines) is 1. The Hall–Kier alpha value is -3.09. The molecule has 1 N–H and O–H groups in total. The molecule has 2 aliphatic heterocycles. The summed E-state index contributed by atoms with van der Waals surface area (Å²) in [7, 11) is 0. The molecule has 6 nitrogen and oxygen atoms in total. The van der Waals surface area contributed by atoms with E-state index in [0.29, 0.717) is 17.7 Å². The number of carbonyl (C=O) groups is 2. The molecule has 3 atom stereocenters. The van der Waals surface area contributed by atoms with Gasteiger partial charge >= 0.3 is 12.1 Å². The van der Waals surface area contributed by atoms with Crippen LogP contribution in [0.4, 0.5) is 9.18 Å². The van der Waals surface area contributed by atoms with Crippen LogP contribution in [0.2, 0.25) is 0 Å². The number of rotatable bonds is 3. The predicted octanol–water partition coefficient (Wildman–Crippen LogP) is 4.85. The average Bonchev–Trinajstić information content (AvgIpc) is 3.32. The number of hydrogen-bond acceptors (Lipinski definition) is 4. The molecular weight excluding hydrogens is 413 g/mol. The maximum atomic E-state index is 14.4. The van der Waals surface area contributed by atoms with Gasteiger partial charge in [-0.1, -0.05) is 24.3 Å². The fourth-order valence-electron chi connectivity index (χ4n) is 4.60. The van der Waals surface area contributed by atoms with Crippen molar-refractivity contribution < 1.29 is 28.6 Å². The van der Waals surface area contributed by atoms with Gasteiger partial charge in [0.2, 0.25) is 0 Å². The van der Waals surface area contributed by atoms with Gasteiger partial charge in [-0.05, 0) is 62.1 Å². The summed E-state index contributed by atoms with van der Waals surface area (Å²) in [6, 6.07) is 9.45. The van der Waals surface area contributed by atoms with E-state index in [1.807, 2.05) is 18.2 Å². The van der Waals surface area contributed by atoms with E-state index in [9.17, 15) is 19.1 Å². The number of hydrogen-bond donors (Lipinski definition) is 1. The molecule has 2 heterocycles. The highest BCUT2D eigenvalue weighted by Gasteiger charge is 2.50. The zero-order valence-electron chi connectivity index (χ0n) is 18.7. The van der Waals surface area contributed by atoms with Gasteiger partial charge in [0.15, 0.2) is 0 Å². The Labute approximate surface area is 186 Å². The van der Waals surface area contributed by atoms with Gasteiger partial charge < -0.3 is 14.6 Å². The van der Waals surface area contributed by atoms with E-state index in [1.54, 1.807) is 39.8 Å². The van der Waals surface area contributed by atoms with Crippen molar-refractivity contribution >= 4 is 12.1 Å². The van der Waals surface area contributed by atoms with E-state index in [4.69, 9.17) is 9.47 Å². The molecule has 4 rings (SSSR count). The molecule has 0 spiro atoms. The summed E-state index contributed by atoms with van der Waals surface area (Å²) >= 11 is 0. The quantitative estimate of drug-likeness (QED) is 0.737. The normalized spacial score (nSPS) is 22.4. The maximum Gasteiger partial charge on any atom is 0.410 e. The number of carboxylic acids is 1. The third-order valence-electron chi connectivity index (χ3n) is 6.10. The molecule has 0 aliphatic carbocycles. The molecule has 170 valence electrons. The van der Waals surface area contributed by atoms with Crippen LogP contribution in [-0.4, -0.2) is 40.8 Å². The van der Waals surface area contributed by atoms with Gasteiger partial charge in [0, 0.05) is 18.9 Å². The van der Waals surface area contributed by atoms with Crippen molar-refractivity contribution in [2.75, 3.05) is 13.2 Å². The number of fused-ring (bicyclic) bond motifs is 1. The van der Waals surface area contributed by atoms with Crippen LogP contribution in [0.25, 0.3) is 0 Å². The van der Waals surface area contributed by atoms with Crippen LogP contribution in [0.3, 0.4) is 0 Å². The number of carboxylic acid groups (broad SMARTS) is 1. The number of amides is 1. The van der Waals surface area contributed by atoms with Crippen molar-refractivity contribution in [1.29, 1.82) is 0 Å². The van der Waals surface area contributed by atoms with E-state index >= 15 is 0 Å². The first-order valence-corrected chi connectivity index (χ1v) is 10.8. The van der Waals surface area contributed by atoms with Crippen molar-refractivity contribution in [3.63, 3.8) is 0 Å². The fraction of sp³-hybridized carbons (Fsp3) is 0.440. The van der Waals surface area contributed by atoms with Crippen molar-refractivity contribution in [2.45, 2.75) is 51.7 Å². The second kappa shape index (κ2) is 8.11. The Morgan fingerprint density at radius 1 is 1.16 bits per heavy atom. The van der Waals surface area contributed by atoms with Crippen LogP contribution in [0.15, 0.2) is 36.4 Å². The van der Waals surface area contributed by atoms with Gasteiger partial charge in [-0.25, -0.2) is 9.18 Å². The SMILES string of the molecule is Cc1ccc([C@H]2[C@H](C(=O)O)[C@@H](c3ccc4c(c3)CCO4)CN2C(=O)OC(C)(C)C)cc1F. The molecule has 0 bridgehead atoms. The molecule has 1 saturated heterocycles. The molecule has 2 aromatic carbocycles. The predicted molar refractivity (Wildman–Crippen MR) is 116 cm³/mol.